The van der Waals surface area contributed by atoms with Crippen molar-refractivity contribution in [2.45, 2.75) is 0 Å². The van der Waals surface area contributed by atoms with Crippen LogP contribution < -0.4 is 0 Å². The molecule has 0 aliphatic heterocycles. The molecule has 0 aliphatic carbocycles. The van der Waals surface area contributed by atoms with Crippen LogP contribution in [0.25, 0.3) is 11.2 Å². The molecule has 3 nitrogen and oxygen atoms in total. The molecule has 0 spiro atoms. The Morgan fingerprint density at radius 2 is 2.00 bits per heavy atom. The Labute approximate surface area is 82.7 Å². The molecule has 0 fully saturated rings. The van der Waals surface area contributed by atoms with Gasteiger partial charge in [-0.15, -0.1) is 0 Å². The van der Waals surface area contributed by atoms with Crippen LogP contribution in [0.3, 0.4) is 0 Å². The Bertz CT molecular complexity index is 437. The average molecular weight is 222 g/mol. The number of rotatable bonds is 0. The molecule has 0 unspecified atom stereocenters. The van der Waals surface area contributed by atoms with E-state index in [1.807, 2.05) is 0 Å². The third-order valence-electron chi connectivity index (χ3n) is 1.39. The largest absolute Gasteiger partial charge is 0.326 e. The van der Waals surface area contributed by atoms with Crippen LogP contribution in [0, 0.1) is 0 Å². The third kappa shape index (κ3) is 1.14. The SMILES string of the molecule is Clc1nc2ncc(Cl)c(Cl)c2[nH]1. The number of aromatic nitrogens is 3. The first-order chi connectivity index (χ1) is 5.68. The second-order valence-corrected chi connectivity index (χ2v) is 3.29. The van der Waals surface area contributed by atoms with Gasteiger partial charge in [-0.3, -0.25) is 0 Å². The minimum absolute atomic E-state index is 0.252. The summed E-state index contributed by atoms with van der Waals surface area (Å²) < 4.78 is 0. The predicted octanol–water partition coefficient (Wildman–Crippen LogP) is 2.92. The van der Waals surface area contributed by atoms with Gasteiger partial charge >= 0.3 is 0 Å². The summed E-state index contributed by atoms with van der Waals surface area (Å²) in [5.74, 6) is 0. The summed E-state index contributed by atoms with van der Waals surface area (Å²) in [5, 5.41) is 1.02. The van der Waals surface area contributed by atoms with Gasteiger partial charge in [-0.1, -0.05) is 23.2 Å². The van der Waals surface area contributed by atoms with Gasteiger partial charge in [0.05, 0.1) is 10.0 Å². The molecule has 0 saturated heterocycles. The van der Waals surface area contributed by atoms with Crippen LogP contribution in [0.15, 0.2) is 6.20 Å². The van der Waals surface area contributed by atoms with Crippen LogP contribution in [-0.2, 0) is 0 Å². The van der Waals surface area contributed by atoms with Crippen LogP contribution >= 0.6 is 34.8 Å². The summed E-state index contributed by atoms with van der Waals surface area (Å²) in [6.45, 7) is 0. The molecule has 0 atom stereocenters. The van der Waals surface area contributed by atoms with Crippen LogP contribution in [0.5, 0.6) is 0 Å². The summed E-state index contributed by atoms with van der Waals surface area (Å²) in [7, 11) is 0. The molecule has 2 rings (SSSR count). The molecule has 0 aromatic carbocycles. The lowest BCUT2D eigenvalue weighted by atomic mass is 10.4. The topological polar surface area (TPSA) is 41.6 Å². The van der Waals surface area contributed by atoms with E-state index in [0.717, 1.165) is 0 Å². The van der Waals surface area contributed by atoms with Gasteiger partial charge in [0, 0.05) is 6.20 Å². The van der Waals surface area contributed by atoms with Gasteiger partial charge in [0.25, 0.3) is 0 Å². The van der Waals surface area contributed by atoms with Gasteiger partial charge in [0.2, 0.25) is 5.28 Å². The number of hydrogen-bond donors (Lipinski definition) is 1. The fourth-order valence-electron chi connectivity index (χ4n) is 0.876. The monoisotopic (exact) mass is 221 g/mol. The first-order valence-electron chi connectivity index (χ1n) is 3.03. The van der Waals surface area contributed by atoms with Gasteiger partial charge in [0.1, 0.15) is 5.52 Å². The van der Waals surface area contributed by atoms with E-state index >= 15 is 0 Å². The summed E-state index contributed by atoms with van der Waals surface area (Å²) in [5.41, 5.74) is 1.03. The highest BCUT2D eigenvalue weighted by molar-refractivity contribution is 6.44. The van der Waals surface area contributed by atoms with Gasteiger partial charge in [-0.25, -0.2) is 4.98 Å². The molecule has 2 aromatic heterocycles. The molecule has 0 aliphatic rings. The summed E-state index contributed by atoms with van der Waals surface area (Å²) in [6.07, 6.45) is 1.43. The second kappa shape index (κ2) is 2.76. The summed E-state index contributed by atoms with van der Waals surface area (Å²) in [4.78, 5) is 10.5. The van der Waals surface area contributed by atoms with E-state index in [9.17, 15) is 0 Å². The normalized spacial score (nSPS) is 10.9. The first-order valence-corrected chi connectivity index (χ1v) is 4.17. The molecule has 2 aromatic rings. The lowest BCUT2D eigenvalue weighted by molar-refractivity contribution is 1.30. The standard InChI is InChI=1S/C6H2Cl3N3/c7-2-1-10-5-4(3(2)8)11-6(9)12-5/h1H,(H,10,11,12). The minimum atomic E-state index is 0.252. The number of fused-ring (bicyclic) bond motifs is 1. The van der Waals surface area contributed by atoms with Crippen molar-refractivity contribution in [2.24, 2.45) is 0 Å². The van der Waals surface area contributed by atoms with E-state index in [2.05, 4.69) is 15.0 Å². The van der Waals surface area contributed by atoms with Gasteiger partial charge in [0.15, 0.2) is 5.65 Å². The van der Waals surface area contributed by atoms with Crippen molar-refractivity contribution < 1.29 is 0 Å². The zero-order valence-corrected chi connectivity index (χ0v) is 7.87. The lowest BCUT2D eigenvalue weighted by Gasteiger charge is -1.93. The molecular formula is C6H2Cl3N3. The minimum Gasteiger partial charge on any atom is -0.326 e. The van der Waals surface area contributed by atoms with E-state index in [1.54, 1.807) is 0 Å². The number of hydrogen-bond acceptors (Lipinski definition) is 2. The number of nitrogens with one attached hydrogen (secondary N) is 1. The van der Waals surface area contributed by atoms with Crippen molar-refractivity contribution in [3.05, 3.63) is 21.5 Å². The van der Waals surface area contributed by atoms with Gasteiger partial charge < -0.3 is 4.98 Å². The Kier molecular flexibility index (Phi) is 1.87. The molecule has 6 heteroatoms. The zero-order chi connectivity index (χ0) is 8.72. The summed E-state index contributed by atoms with van der Waals surface area (Å²) >= 11 is 17.1. The molecule has 1 N–H and O–H groups in total. The molecule has 0 saturated carbocycles. The number of imidazole rings is 1. The maximum atomic E-state index is 5.84. The highest BCUT2D eigenvalue weighted by Gasteiger charge is 2.08. The predicted molar refractivity (Wildman–Crippen MR) is 48.9 cm³/mol. The number of pyridine rings is 1. The van der Waals surface area contributed by atoms with Crippen LogP contribution in [-0.4, -0.2) is 15.0 Å². The quantitative estimate of drug-likeness (QED) is 0.745. The highest BCUT2D eigenvalue weighted by Crippen LogP contribution is 2.28. The lowest BCUT2D eigenvalue weighted by Crippen LogP contribution is -1.78. The van der Waals surface area contributed by atoms with Crippen molar-refractivity contribution in [1.82, 2.24) is 15.0 Å². The molecule has 62 valence electrons. The van der Waals surface area contributed by atoms with Crippen LogP contribution in [0.2, 0.25) is 15.3 Å². The van der Waals surface area contributed by atoms with Crippen LogP contribution in [0.4, 0.5) is 0 Å². The Morgan fingerprint density at radius 3 is 2.75 bits per heavy atom. The third-order valence-corrected chi connectivity index (χ3v) is 2.34. The number of halogens is 3. The summed E-state index contributed by atoms with van der Waals surface area (Å²) in [6, 6.07) is 0. The first kappa shape index (κ1) is 8.10. The van der Waals surface area contributed by atoms with Crippen molar-refractivity contribution >= 4 is 46.0 Å². The van der Waals surface area contributed by atoms with E-state index in [0.29, 0.717) is 21.2 Å². The van der Waals surface area contributed by atoms with E-state index in [-0.39, 0.29) is 5.28 Å². The van der Waals surface area contributed by atoms with Gasteiger partial charge in [-0.05, 0) is 11.6 Å². The number of H-pyrrole nitrogens is 1. The zero-order valence-electron chi connectivity index (χ0n) is 5.61. The number of nitrogens with zero attached hydrogens (tertiary/aromatic N) is 2. The molecule has 2 heterocycles. The maximum Gasteiger partial charge on any atom is 0.202 e. The molecule has 12 heavy (non-hydrogen) atoms. The average Bonchev–Trinajstić information content (AvgIpc) is 2.39. The van der Waals surface area contributed by atoms with Crippen molar-refractivity contribution in [3.8, 4) is 0 Å². The second-order valence-electron chi connectivity index (χ2n) is 2.15. The fourth-order valence-corrected chi connectivity index (χ4v) is 1.37. The molecule has 0 amide bonds. The Balaban J connectivity index is 2.89. The van der Waals surface area contributed by atoms with E-state index in [1.165, 1.54) is 6.20 Å². The molecular weight excluding hydrogens is 220 g/mol. The van der Waals surface area contributed by atoms with Crippen LogP contribution in [0.1, 0.15) is 0 Å². The highest BCUT2D eigenvalue weighted by atomic mass is 35.5. The maximum absolute atomic E-state index is 5.84. The van der Waals surface area contributed by atoms with E-state index in [4.69, 9.17) is 34.8 Å². The smallest absolute Gasteiger partial charge is 0.202 e. The van der Waals surface area contributed by atoms with Crippen molar-refractivity contribution in [1.29, 1.82) is 0 Å². The number of aromatic amines is 1. The Morgan fingerprint density at radius 1 is 1.25 bits per heavy atom. The van der Waals surface area contributed by atoms with E-state index < -0.39 is 0 Å². The Hall–Kier alpha value is -0.510. The fraction of sp³-hybridized carbons (Fsp3) is 0. The van der Waals surface area contributed by atoms with Crippen molar-refractivity contribution in [3.63, 3.8) is 0 Å². The van der Waals surface area contributed by atoms with Crippen molar-refractivity contribution in [2.75, 3.05) is 0 Å². The molecule has 0 radical (unpaired) electrons. The molecule has 0 bridgehead atoms. The van der Waals surface area contributed by atoms with Gasteiger partial charge in [-0.2, -0.15) is 4.98 Å².